The molecule has 8 nitrogen and oxygen atoms in total. The Morgan fingerprint density at radius 1 is 0.600 bits per heavy atom. The molecule has 0 spiro atoms. The van der Waals surface area contributed by atoms with Crippen molar-refractivity contribution in [2.24, 2.45) is 35.5 Å². The lowest BCUT2D eigenvalue weighted by atomic mass is 9.65. The lowest BCUT2D eigenvalue weighted by Crippen LogP contribution is -2.31. The number of nitrogens with one attached hydrogen (secondary N) is 2. The number of nitrogens with zero attached hydrogens (tertiary/aromatic N) is 2. The molecule has 3 aromatic heterocycles. The number of carbonyl (C=O) groups excluding carboxylic acids is 4. The van der Waals surface area contributed by atoms with Gasteiger partial charge in [-0.3, -0.25) is 19.2 Å². The third-order valence-corrected chi connectivity index (χ3v) is 13.5. The highest BCUT2D eigenvalue weighted by Gasteiger charge is 2.45. The molecule has 2 aliphatic heterocycles. The fourth-order valence-electron chi connectivity index (χ4n) is 10.7. The van der Waals surface area contributed by atoms with Gasteiger partial charge < -0.3 is 9.97 Å². The topological polar surface area (TPSA) is 126 Å². The molecule has 8 atom stereocenters. The minimum Gasteiger partial charge on any atom is -0.355 e. The summed E-state index contributed by atoms with van der Waals surface area (Å²) in [4.78, 5) is 71.8. The predicted octanol–water partition coefficient (Wildman–Crippen LogP) is 9.27. The van der Waals surface area contributed by atoms with Crippen LogP contribution in [-0.2, 0) is 19.2 Å². The van der Waals surface area contributed by atoms with Crippen LogP contribution in [0.1, 0.15) is 118 Å². The van der Waals surface area contributed by atoms with Gasteiger partial charge in [-0.25, -0.2) is 9.97 Å². The molecule has 8 heteroatoms. The second-order valence-corrected chi connectivity index (χ2v) is 17.2. The van der Waals surface area contributed by atoms with Crippen molar-refractivity contribution in [3.63, 3.8) is 0 Å². The first-order chi connectivity index (χ1) is 26.5. The van der Waals surface area contributed by atoms with E-state index in [1.54, 1.807) is 0 Å². The Balaban J connectivity index is 1.31. The molecule has 1 fully saturated rings. The monoisotopic (exact) mass is 730 g/mol. The van der Waals surface area contributed by atoms with Crippen LogP contribution in [0.4, 0.5) is 0 Å². The Bertz CT molecular complexity index is 2560. The molecule has 0 saturated heterocycles. The summed E-state index contributed by atoms with van der Waals surface area (Å²) in [6.45, 7) is 8.20. The summed E-state index contributed by atoms with van der Waals surface area (Å²) in [5.41, 5.74) is 12.8. The number of aromatic nitrogens is 4. The molecule has 0 radical (unpaired) electrons. The fourth-order valence-corrected chi connectivity index (χ4v) is 10.7. The van der Waals surface area contributed by atoms with Gasteiger partial charge in [0.05, 0.1) is 28.7 Å². The van der Waals surface area contributed by atoms with Gasteiger partial charge in [0.15, 0.2) is 0 Å². The highest BCUT2D eigenvalue weighted by atomic mass is 16.1. The maximum atomic E-state index is 13.7. The van der Waals surface area contributed by atoms with Crippen molar-refractivity contribution >= 4 is 67.5 Å². The van der Waals surface area contributed by atoms with Gasteiger partial charge >= 0.3 is 0 Å². The maximum Gasteiger partial charge on any atom is 0.144 e. The van der Waals surface area contributed by atoms with E-state index < -0.39 is 5.92 Å². The largest absolute Gasteiger partial charge is 0.355 e. The summed E-state index contributed by atoms with van der Waals surface area (Å²) >= 11 is 0. The van der Waals surface area contributed by atoms with Crippen LogP contribution >= 0.6 is 0 Å². The second-order valence-electron chi connectivity index (χ2n) is 17.2. The summed E-state index contributed by atoms with van der Waals surface area (Å²) in [7, 11) is 0. The van der Waals surface area contributed by atoms with E-state index in [4.69, 9.17) is 9.97 Å². The minimum absolute atomic E-state index is 0.0163. The van der Waals surface area contributed by atoms with Crippen molar-refractivity contribution in [2.45, 2.75) is 84.5 Å². The standard InChI is InChI=1S/C47H46N4O4/c1-5-29-42(54)13-24(4)44-38-21-39-47-31-11-9-26(15-43(31)55)45(47)36(50-39)18-27-16-32(25-8-7-23(3)40(52)14-25)34(48-27)20-35-33(30-10-6-22(2)12-41(30)53)17-28(49-35)19-37(51-38)46(29)44/h6-8,10,16-26,29-31,48-49H,5,9,11-15H2,1-4H3. The first-order valence-corrected chi connectivity index (χ1v) is 20.3. The van der Waals surface area contributed by atoms with E-state index in [0.717, 1.165) is 85.5 Å². The molecule has 11 rings (SSSR count). The molecular formula is C47H46N4O4. The third kappa shape index (κ3) is 5.46. The molecular weight excluding hydrogens is 685 g/mol. The van der Waals surface area contributed by atoms with Crippen molar-refractivity contribution in [2.75, 3.05) is 0 Å². The van der Waals surface area contributed by atoms with E-state index >= 15 is 0 Å². The molecule has 8 unspecified atom stereocenters. The summed E-state index contributed by atoms with van der Waals surface area (Å²) in [6.07, 6.45) is 12.7. The van der Waals surface area contributed by atoms with Crippen molar-refractivity contribution in [3.05, 3.63) is 94.6 Å². The van der Waals surface area contributed by atoms with Gasteiger partial charge in [-0.05, 0) is 107 Å². The zero-order chi connectivity index (χ0) is 37.9. The molecule has 0 aromatic carbocycles. The molecule has 0 amide bonds. The number of rotatable bonds is 3. The van der Waals surface area contributed by atoms with E-state index in [-0.39, 0.29) is 58.8 Å². The Kier molecular flexibility index (Phi) is 7.88. The van der Waals surface area contributed by atoms with Crippen LogP contribution in [0.5, 0.6) is 0 Å². The van der Waals surface area contributed by atoms with Crippen LogP contribution in [0.25, 0.3) is 44.4 Å². The first kappa shape index (κ1) is 34.3. The molecule has 10 bridgehead atoms. The molecule has 5 heterocycles. The summed E-state index contributed by atoms with van der Waals surface area (Å²) in [6, 6.07) is 12.5. The minimum atomic E-state index is -0.406. The Morgan fingerprint density at radius 2 is 1.29 bits per heavy atom. The smallest absolute Gasteiger partial charge is 0.144 e. The zero-order valence-corrected chi connectivity index (χ0v) is 31.9. The summed E-state index contributed by atoms with van der Waals surface area (Å²) < 4.78 is 0. The normalized spacial score (nSPS) is 30.0. The number of allylic oxidation sites excluding steroid dienone is 8. The van der Waals surface area contributed by atoms with E-state index in [0.29, 0.717) is 37.9 Å². The summed E-state index contributed by atoms with van der Waals surface area (Å²) in [5, 5.41) is 0. The van der Waals surface area contributed by atoms with Crippen LogP contribution in [0.15, 0.2) is 60.7 Å². The SMILES string of the molecule is CCC1C(=O)CC(C)C2=C1c1cc3cc(C4C=CC(C)CC4=O)c(cc4[nH]c(cc5nc(cc2n1)C1=C5C2CCC1C(=O)C2)cc4C1C=CC(C)C(=O)C1)[nH]3. The van der Waals surface area contributed by atoms with Gasteiger partial charge in [0.25, 0.3) is 0 Å². The highest BCUT2D eigenvalue weighted by molar-refractivity contribution is 6.10. The van der Waals surface area contributed by atoms with Crippen LogP contribution in [0, 0.1) is 35.5 Å². The number of fused-ring (bicyclic) bond motifs is 12. The summed E-state index contributed by atoms with van der Waals surface area (Å²) in [5.74, 6) is 0.125. The van der Waals surface area contributed by atoms with Crippen molar-refractivity contribution in [1.82, 2.24) is 19.9 Å². The van der Waals surface area contributed by atoms with Gasteiger partial charge in [0, 0.05) is 71.4 Å². The number of ketones is 4. The maximum absolute atomic E-state index is 13.7. The van der Waals surface area contributed by atoms with E-state index in [9.17, 15) is 19.2 Å². The van der Waals surface area contributed by atoms with Crippen LogP contribution in [0.3, 0.4) is 0 Å². The molecule has 2 N–H and O–H groups in total. The fraction of sp³-hybridized carbons (Fsp3) is 0.404. The predicted molar refractivity (Wildman–Crippen MR) is 214 cm³/mol. The number of H-pyrrole nitrogens is 2. The molecule has 6 aliphatic carbocycles. The molecule has 8 aliphatic rings. The van der Waals surface area contributed by atoms with Crippen LogP contribution < -0.4 is 0 Å². The van der Waals surface area contributed by atoms with Crippen molar-refractivity contribution in [3.8, 4) is 0 Å². The Labute approximate surface area is 320 Å². The average Bonchev–Trinajstić information content (AvgIpc) is 3.91. The number of hydrogen-bond donors (Lipinski definition) is 2. The number of aromatic amines is 2. The first-order valence-electron chi connectivity index (χ1n) is 20.3. The van der Waals surface area contributed by atoms with Gasteiger partial charge in [-0.1, -0.05) is 52.0 Å². The highest BCUT2D eigenvalue weighted by Crippen LogP contribution is 2.54. The number of carbonyl (C=O) groups is 4. The Hall–Kier alpha value is -5.24. The molecule has 3 aromatic rings. The quantitative estimate of drug-likeness (QED) is 0.259. The molecule has 55 heavy (non-hydrogen) atoms. The second kappa shape index (κ2) is 12.7. The van der Waals surface area contributed by atoms with Crippen LogP contribution in [-0.4, -0.2) is 43.1 Å². The number of hydrogen-bond acceptors (Lipinski definition) is 6. The van der Waals surface area contributed by atoms with Gasteiger partial charge in [-0.2, -0.15) is 0 Å². The average molecular weight is 731 g/mol. The van der Waals surface area contributed by atoms with E-state index in [1.807, 2.05) is 25.1 Å². The van der Waals surface area contributed by atoms with E-state index in [1.165, 1.54) is 5.57 Å². The number of Topliss-reactive ketones (excluding diaryl/α,β-unsaturated/α-hetero) is 4. The van der Waals surface area contributed by atoms with Gasteiger partial charge in [0.1, 0.15) is 23.1 Å². The van der Waals surface area contributed by atoms with E-state index in [2.05, 4.69) is 73.2 Å². The third-order valence-electron chi connectivity index (χ3n) is 13.5. The van der Waals surface area contributed by atoms with Crippen molar-refractivity contribution in [1.29, 1.82) is 0 Å². The van der Waals surface area contributed by atoms with Crippen molar-refractivity contribution < 1.29 is 19.2 Å². The molecule has 1 saturated carbocycles. The van der Waals surface area contributed by atoms with Gasteiger partial charge in [-0.15, -0.1) is 0 Å². The zero-order valence-electron chi connectivity index (χ0n) is 31.9. The lowest BCUT2D eigenvalue weighted by Gasteiger charge is -2.36. The lowest BCUT2D eigenvalue weighted by molar-refractivity contribution is -0.124. The Morgan fingerprint density at radius 3 is 2.00 bits per heavy atom. The van der Waals surface area contributed by atoms with Gasteiger partial charge in [0.2, 0.25) is 0 Å². The molecule has 278 valence electrons. The van der Waals surface area contributed by atoms with Crippen LogP contribution in [0.2, 0.25) is 0 Å².